The van der Waals surface area contributed by atoms with Crippen molar-refractivity contribution in [3.8, 4) is 0 Å². The van der Waals surface area contributed by atoms with Crippen molar-refractivity contribution in [2.75, 3.05) is 6.54 Å². The van der Waals surface area contributed by atoms with Crippen molar-refractivity contribution in [1.82, 2.24) is 10.5 Å². The summed E-state index contributed by atoms with van der Waals surface area (Å²) in [5.74, 6) is -0.828. The highest BCUT2D eigenvalue weighted by atomic mass is 16.5. The van der Waals surface area contributed by atoms with E-state index in [9.17, 15) is 9.59 Å². The quantitative estimate of drug-likeness (QED) is 0.807. The average Bonchev–Trinajstić information content (AvgIpc) is 2.72. The Bertz CT molecular complexity index is 427. The second-order valence-electron chi connectivity index (χ2n) is 4.22. The van der Waals surface area contributed by atoms with Crippen molar-refractivity contribution in [1.29, 1.82) is 0 Å². The van der Waals surface area contributed by atoms with Gasteiger partial charge in [0.2, 0.25) is 0 Å². The van der Waals surface area contributed by atoms with Crippen LogP contribution in [0.2, 0.25) is 0 Å². The number of amides is 1. The molecule has 94 valence electrons. The Hall–Kier alpha value is -1.85. The summed E-state index contributed by atoms with van der Waals surface area (Å²) in [6.07, 6.45) is 0.431. The number of nitrogens with zero attached hydrogens (tertiary/aromatic N) is 1. The zero-order chi connectivity index (χ0) is 13.1. The van der Waals surface area contributed by atoms with Gasteiger partial charge in [-0.3, -0.25) is 9.59 Å². The number of nitrogens with one attached hydrogen (secondary N) is 1. The number of aromatic nitrogens is 1. The van der Waals surface area contributed by atoms with Crippen LogP contribution in [0.15, 0.2) is 10.6 Å². The number of carboxylic acids is 1. The molecular weight excluding hydrogens is 224 g/mol. The smallest absolute Gasteiger partial charge is 0.311 e. The van der Waals surface area contributed by atoms with Crippen LogP contribution in [0.3, 0.4) is 0 Å². The summed E-state index contributed by atoms with van der Waals surface area (Å²) < 4.78 is 4.76. The third kappa shape index (κ3) is 3.05. The van der Waals surface area contributed by atoms with Crippen LogP contribution in [-0.2, 0) is 4.79 Å². The first-order valence-corrected chi connectivity index (χ1v) is 5.34. The highest BCUT2D eigenvalue weighted by Gasteiger charge is 2.31. The molecule has 17 heavy (non-hydrogen) atoms. The van der Waals surface area contributed by atoms with E-state index in [0.717, 1.165) is 0 Å². The molecule has 1 unspecified atom stereocenters. The van der Waals surface area contributed by atoms with E-state index >= 15 is 0 Å². The lowest BCUT2D eigenvalue weighted by Gasteiger charge is -2.22. The van der Waals surface area contributed by atoms with Crippen molar-refractivity contribution in [3.05, 3.63) is 17.5 Å². The molecule has 1 heterocycles. The normalized spacial score (nSPS) is 14.1. The molecule has 0 spiro atoms. The fourth-order valence-corrected chi connectivity index (χ4v) is 1.19. The van der Waals surface area contributed by atoms with Gasteiger partial charge in [0, 0.05) is 12.6 Å². The first kappa shape index (κ1) is 13.2. The lowest BCUT2D eigenvalue weighted by atomic mass is 9.88. The molecule has 1 aromatic heterocycles. The van der Waals surface area contributed by atoms with Gasteiger partial charge in [-0.1, -0.05) is 12.1 Å². The van der Waals surface area contributed by atoms with E-state index in [2.05, 4.69) is 10.5 Å². The Morgan fingerprint density at radius 3 is 2.65 bits per heavy atom. The van der Waals surface area contributed by atoms with E-state index in [1.807, 2.05) is 0 Å². The summed E-state index contributed by atoms with van der Waals surface area (Å²) in [6.45, 7) is 5.09. The van der Waals surface area contributed by atoms with Gasteiger partial charge in [-0.15, -0.1) is 0 Å². The summed E-state index contributed by atoms with van der Waals surface area (Å²) in [4.78, 5) is 22.6. The zero-order valence-corrected chi connectivity index (χ0v) is 10.1. The van der Waals surface area contributed by atoms with Crippen LogP contribution in [-0.4, -0.2) is 28.7 Å². The van der Waals surface area contributed by atoms with Crippen molar-refractivity contribution < 1.29 is 19.2 Å². The molecule has 6 nitrogen and oxygen atoms in total. The van der Waals surface area contributed by atoms with Gasteiger partial charge in [0.15, 0.2) is 5.69 Å². The molecule has 0 aliphatic rings. The number of rotatable bonds is 5. The maximum Gasteiger partial charge on any atom is 0.311 e. The molecule has 0 fully saturated rings. The summed E-state index contributed by atoms with van der Waals surface area (Å²) in [5.41, 5.74) is -0.805. The molecule has 0 aliphatic heterocycles. The SMILES string of the molecule is CCC(C)(CNC(=O)c1cc(C)on1)C(=O)O. The van der Waals surface area contributed by atoms with Crippen LogP contribution in [0.5, 0.6) is 0 Å². The minimum atomic E-state index is -0.964. The molecule has 0 aromatic carbocycles. The van der Waals surface area contributed by atoms with Gasteiger partial charge >= 0.3 is 5.97 Å². The molecule has 1 rings (SSSR count). The Kier molecular flexibility index (Phi) is 3.88. The molecule has 0 radical (unpaired) electrons. The predicted octanol–water partition coefficient (Wildman–Crippen LogP) is 1.21. The number of carboxylic acid groups (broad SMARTS) is 1. The number of hydrogen-bond acceptors (Lipinski definition) is 4. The Labute approximate surface area is 99.0 Å². The second-order valence-corrected chi connectivity index (χ2v) is 4.22. The molecule has 0 saturated carbocycles. The topological polar surface area (TPSA) is 92.4 Å². The van der Waals surface area contributed by atoms with Crippen molar-refractivity contribution in [2.45, 2.75) is 27.2 Å². The second kappa shape index (κ2) is 4.99. The maximum absolute atomic E-state index is 11.6. The summed E-state index contributed by atoms with van der Waals surface area (Å²) in [6, 6.07) is 1.50. The minimum Gasteiger partial charge on any atom is -0.481 e. The van der Waals surface area contributed by atoms with Gasteiger partial charge < -0.3 is 14.9 Å². The third-order valence-corrected chi connectivity index (χ3v) is 2.80. The summed E-state index contributed by atoms with van der Waals surface area (Å²) in [7, 11) is 0. The van der Waals surface area contributed by atoms with Crippen LogP contribution < -0.4 is 5.32 Å². The molecular formula is C11H16N2O4. The highest BCUT2D eigenvalue weighted by Crippen LogP contribution is 2.20. The van der Waals surface area contributed by atoms with Crippen molar-refractivity contribution >= 4 is 11.9 Å². The van der Waals surface area contributed by atoms with E-state index < -0.39 is 17.3 Å². The molecule has 6 heteroatoms. The lowest BCUT2D eigenvalue weighted by molar-refractivity contribution is -0.147. The first-order chi connectivity index (χ1) is 7.89. The monoisotopic (exact) mass is 240 g/mol. The number of hydrogen-bond donors (Lipinski definition) is 2. The van der Waals surface area contributed by atoms with Gasteiger partial charge in [-0.2, -0.15) is 0 Å². The van der Waals surface area contributed by atoms with Crippen LogP contribution in [0.4, 0.5) is 0 Å². The van der Waals surface area contributed by atoms with Crippen molar-refractivity contribution in [3.63, 3.8) is 0 Å². The fourth-order valence-electron chi connectivity index (χ4n) is 1.19. The Morgan fingerprint density at radius 2 is 2.24 bits per heavy atom. The van der Waals surface area contributed by atoms with Gasteiger partial charge in [-0.05, 0) is 20.3 Å². The molecule has 1 aromatic rings. The van der Waals surface area contributed by atoms with Crippen molar-refractivity contribution in [2.24, 2.45) is 5.41 Å². The van der Waals surface area contributed by atoms with Crippen LogP contribution >= 0.6 is 0 Å². The average molecular weight is 240 g/mol. The lowest BCUT2D eigenvalue weighted by Crippen LogP contribution is -2.40. The molecule has 0 bridgehead atoms. The number of carbonyl (C=O) groups excluding carboxylic acids is 1. The molecule has 0 saturated heterocycles. The van der Waals surface area contributed by atoms with E-state index in [-0.39, 0.29) is 12.2 Å². The summed E-state index contributed by atoms with van der Waals surface area (Å²) >= 11 is 0. The molecule has 0 aliphatic carbocycles. The van der Waals surface area contributed by atoms with E-state index in [4.69, 9.17) is 9.63 Å². The largest absolute Gasteiger partial charge is 0.481 e. The zero-order valence-electron chi connectivity index (χ0n) is 10.1. The first-order valence-electron chi connectivity index (χ1n) is 5.34. The standard InChI is InChI=1S/C11H16N2O4/c1-4-11(3,10(15)16)6-12-9(14)8-5-7(2)17-13-8/h5H,4,6H2,1-3H3,(H,12,14)(H,15,16). The number of carbonyl (C=O) groups is 2. The van der Waals surface area contributed by atoms with E-state index in [1.54, 1.807) is 20.8 Å². The van der Waals surface area contributed by atoms with Gasteiger partial charge in [0.1, 0.15) is 5.76 Å². The molecule has 1 amide bonds. The Balaban J connectivity index is 2.62. The van der Waals surface area contributed by atoms with Gasteiger partial charge in [0.25, 0.3) is 5.91 Å². The number of aryl methyl sites for hydroxylation is 1. The van der Waals surface area contributed by atoms with E-state index in [0.29, 0.717) is 12.2 Å². The third-order valence-electron chi connectivity index (χ3n) is 2.80. The van der Waals surface area contributed by atoms with Gasteiger partial charge in [-0.25, -0.2) is 0 Å². The number of aliphatic carboxylic acids is 1. The maximum atomic E-state index is 11.6. The molecule has 2 N–H and O–H groups in total. The Morgan fingerprint density at radius 1 is 1.59 bits per heavy atom. The van der Waals surface area contributed by atoms with E-state index in [1.165, 1.54) is 6.07 Å². The highest BCUT2D eigenvalue weighted by molar-refractivity contribution is 5.92. The molecule has 1 atom stereocenters. The van der Waals surface area contributed by atoms with Crippen LogP contribution in [0.25, 0.3) is 0 Å². The van der Waals surface area contributed by atoms with Crippen LogP contribution in [0, 0.1) is 12.3 Å². The minimum absolute atomic E-state index is 0.0591. The fraction of sp³-hybridized carbons (Fsp3) is 0.545. The summed E-state index contributed by atoms with van der Waals surface area (Å²) in [5, 5.41) is 15.1. The predicted molar refractivity (Wildman–Crippen MR) is 59.6 cm³/mol. The van der Waals surface area contributed by atoms with Crippen LogP contribution in [0.1, 0.15) is 36.5 Å². The van der Waals surface area contributed by atoms with Gasteiger partial charge in [0.05, 0.1) is 5.41 Å².